The van der Waals surface area contributed by atoms with Crippen molar-refractivity contribution in [3.05, 3.63) is 23.4 Å². The number of hydrogen-bond acceptors (Lipinski definition) is 3. The first kappa shape index (κ1) is 14.0. The molecule has 0 bridgehead atoms. The molecule has 3 heteroatoms. The Kier molecular flexibility index (Phi) is 4.52. The van der Waals surface area contributed by atoms with Crippen LogP contribution >= 0.6 is 0 Å². The molecule has 1 aromatic rings. The molecule has 1 aromatic heterocycles. The zero-order valence-corrected chi connectivity index (χ0v) is 11.7. The van der Waals surface area contributed by atoms with E-state index in [1.165, 1.54) is 11.1 Å². The largest absolute Gasteiger partial charge is 0.383 e. The van der Waals surface area contributed by atoms with E-state index in [0.717, 1.165) is 13.0 Å². The third-order valence-electron chi connectivity index (χ3n) is 2.86. The van der Waals surface area contributed by atoms with Crippen LogP contribution in [0.5, 0.6) is 0 Å². The zero-order valence-electron chi connectivity index (χ0n) is 11.7. The van der Waals surface area contributed by atoms with Gasteiger partial charge in [0.25, 0.3) is 0 Å². The van der Waals surface area contributed by atoms with Gasteiger partial charge in [-0.3, -0.25) is 0 Å². The van der Waals surface area contributed by atoms with Gasteiger partial charge < -0.3 is 11.1 Å². The molecule has 0 radical (unpaired) electrons. The van der Waals surface area contributed by atoms with Crippen molar-refractivity contribution in [2.75, 3.05) is 12.3 Å². The van der Waals surface area contributed by atoms with Crippen LogP contribution in [0.15, 0.2) is 12.3 Å². The van der Waals surface area contributed by atoms with E-state index in [9.17, 15) is 0 Å². The number of aromatic nitrogens is 1. The maximum atomic E-state index is 5.92. The van der Waals surface area contributed by atoms with Crippen LogP contribution in [0.2, 0.25) is 0 Å². The summed E-state index contributed by atoms with van der Waals surface area (Å²) in [6.45, 7) is 11.9. The van der Waals surface area contributed by atoms with Crippen molar-refractivity contribution in [3.8, 4) is 0 Å². The quantitative estimate of drug-likeness (QED) is 0.843. The minimum atomic E-state index is 0.170. The van der Waals surface area contributed by atoms with Crippen LogP contribution < -0.4 is 11.1 Å². The highest BCUT2D eigenvalue weighted by molar-refractivity contribution is 5.43. The van der Waals surface area contributed by atoms with E-state index in [-0.39, 0.29) is 5.54 Å². The molecule has 0 saturated heterocycles. The standard InChI is InChI=1S/C14H25N3/c1-10(9-17-14(3,4)5)8-12-11(2)6-7-16-13(12)15/h6-7,10,17H,8-9H2,1-5H3,(H2,15,16). The lowest BCUT2D eigenvalue weighted by Gasteiger charge is -2.24. The lowest BCUT2D eigenvalue weighted by atomic mass is 9.97. The number of aryl methyl sites for hydroxylation is 1. The molecule has 3 nitrogen and oxygen atoms in total. The van der Waals surface area contributed by atoms with Gasteiger partial charge in [0.2, 0.25) is 0 Å². The number of nitrogens with zero attached hydrogens (tertiary/aromatic N) is 1. The van der Waals surface area contributed by atoms with Gasteiger partial charge in [-0.05, 0) is 63.8 Å². The maximum Gasteiger partial charge on any atom is 0.126 e. The van der Waals surface area contributed by atoms with Gasteiger partial charge in [0, 0.05) is 11.7 Å². The molecule has 0 fully saturated rings. The van der Waals surface area contributed by atoms with Gasteiger partial charge in [0.15, 0.2) is 0 Å². The first-order valence-corrected chi connectivity index (χ1v) is 6.24. The molecule has 0 aliphatic rings. The Hall–Kier alpha value is -1.09. The fourth-order valence-corrected chi connectivity index (χ4v) is 1.78. The zero-order chi connectivity index (χ0) is 13.1. The van der Waals surface area contributed by atoms with Crippen molar-refractivity contribution in [1.29, 1.82) is 0 Å². The van der Waals surface area contributed by atoms with Crippen LogP contribution in [0.3, 0.4) is 0 Å². The summed E-state index contributed by atoms with van der Waals surface area (Å²) in [7, 11) is 0. The van der Waals surface area contributed by atoms with Crippen molar-refractivity contribution in [1.82, 2.24) is 10.3 Å². The number of nitrogen functional groups attached to an aromatic ring is 1. The molecule has 0 spiro atoms. The Morgan fingerprint density at radius 2 is 2.06 bits per heavy atom. The van der Waals surface area contributed by atoms with Gasteiger partial charge in [-0.1, -0.05) is 6.92 Å². The highest BCUT2D eigenvalue weighted by Gasteiger charge is 2.13. The van der Waals surface area contributed by atoms with Gasteiger partial charge in [0.1, 0.15) is 5.82 Å². The molecule has 3 N–H and O–H groups in total. The summed E-state index contributed by atoms with van der Waals surface area (Å²) >= 11 is 0. The van der Waals surface area contributed by atoms with Crippen LogP contribution in [0, 0.1) is 12.8 Å². The van der Waals surface area contributed by atoms with Crippen molar-refractivity contribution in [2.24, 2.45) is 5.92 Å². The van der Waals surface area contributed by atoms with Gasteiger partial charge in [-0.15, -0.1) is 0 Å². The molecule has 96 valence electrons. The fourth-order valence-electron chi connectivity index (χ4n) is 1.78. The number of nitrogens with two attached hydrogens (primary N) is 1. The second-order valence-corrected chi connectivity index (χ2v) is 5.93. The third-order valence-corrected chi connectivity index (χ3v) is 2.86. The van der Waals surface area contributed by atoms with Crippen LogP contribution in [-0.4, -0.2) is 17.1 Å². The topological polar surface area (TPSA) is 50.9 Å². The smallest absolute Gasteiger partial charge is 0.126 e. The Balaban J connectivity index is 2.59. The Bertz CT molecular complexity index is 346. The van der Waals surface area contributed by atoms with E-state index < -0.39 is 0 Å². The predicted octanol–water partition coefficient (Wildman–Crippen LogP) is 2.54. The van der Waals surface area contributed by atoms with Gasteiger partial charge in [-0.25, -0.2) is 4.98 Å². The molecule has 0 aliphatic carbocycles. The second-order valence-electron chi connectivity index (χ2n) is 5.93. The van der Waals surface area contributed by atoms with Crippen LogP contribution in [0.25, 0.3) is 0 Å². The fraction of sp³-hybridized carbons (Fsp3) is 0.643. The highest BCUT2D eigenvalue weighted by atomic mass is 14.9. The van der Waals surface area contributed by atoms with Crippen LogP contribution in [-0.2, 0) is 6.42 Å². The average molecular weight is 235 g/mol. The molecule has 0 saturated carbocycles. The summed E-state index contributed by atoms with van der Waals surface area (Å²) in [6, 6.07) is 2.02. The first-order chi connectivity index (χ1) is 7.79. The molecule has 1 heterocycles. The first-order valence-electron chi connectivity index (χ1n) is 6.24. The Morgan fingerprint density at radius 1 is 1.41 bits per heavy atom. The highest BCUT2D eigenvalue weighted by Crippen LogP contribution is 2.18. The average Bonchev–Trinajstić information content (AvgIpc) is 2.20. The van der Waals surface area contributed by atoms with Gasteiger partial charge in [-0.2, -0.15) is 0 Å². The van der Waals surface area contributed by atoms with E-state index in [1.54, 1.807) is 6.20 Å². The number of hydrogen-bond donors (Lipinski definition) is 2. The summed E-state index contributed by atoms with van der Waals surface area (Å²) in [6.07, 6.45) is 2.75. The Labute approximate surface area is 105 Å². The normalized spacial score (nSPS) is 13.7. The van der Waals surface area contributed by atoms with Crippen molar-refractivity contribution in [3.63, 3.8) is 0 Å². The lowest BCUT2D eigenvalue weighted by molar-refractivity contribution is 0.381. The number of pyridine rings is 1. The molecular weight excluding hydrogens is 210 g/mol. The SMILES string of the molecule is Cc1ccnc(N)c1CC(C)CNC(C)(C)C. The maximum absolute atomic E-state index is 5.92. The molecule has 1 unspecified atom stereocenters. The summed E-state index contributed by atoms with van der Waals surface area (Å²) in [5, 5.41) is 3.52. The molecule has 0 amide bonds. The van der Waals surface area contributed by atoms with Crippen molar-refractivity contribution < 1.29 is 0 Å². The minimum absolute atomic E-state index is 0.170. The summed E-state index contributed by atoms with van der Waals surface area (Å²) in [5.41, 5.74) is 8.52. The predicted molar refractivity (Wildman–Crippen MR) is 74.0 cm³/mol. The van der Waals surface area contributed by atoms with Gasteiger partial charge in [0.05, 0.1) is 0 Å². The molecule has 17 heavy (non-hydrogen) atoms. The van der Waals surface area contributed by atoms with E-state index >= 15 is 0 Å². The minimum Gasteiger partial charge on any atom is -0.383 e. The molecule has 1 atom stereocenters. The van der Waals surface area contributed by atoms with E-state index in [0.29, 0.717) is 11.7 Å². The molecular formula is C14H25N3. The monoisotopic (exact) mass is 235 g/mol. The number of nitrogens with one attached hydrogen (secondary N) is 1. The summed E-state index contributed by atoms with van der Waals surface area (Å²) in [5.74, 6) is 1.23. The second kappa shape index (κ2) is 5.50. The van der Waals surface area contributed by atoms with Crippen molar-refractivity contribution >= 4 is 5.82 Å². The summed E-state index contributed by atoms with van der Waals surface area (Å²) in [4.78, 5) is 4.16. The molecule has 0 aromatic carbocycles. The lowest BCUT2D eigenvalue weighted by Crippen LogP contribution is -2.39. The third kappa shape index (κ3) is 4.73. The van der Waals surface area contributed by atoms with Crippen LogP contribution in [0.4, 0.5) is 5.82 Å². The summed E-state index contributed by atoms with van der Waals surface area (Å²) < 4.78 is 0. The number of rotatable bonds is 4. The molecule has 0 aliphatic heterocycles. The van der Waals surface area contributed by atoms with E-state index in [1.807, 2.05) is 6.07 Å². The van der Waals surface area contributed by atoms with Crippen molar-refractivity contribution in [2.45, 2.75) is 46.6 Å². The van der Waals surface area contributed by atoms with E-state index in [2.05, 4.69) is 44.9 Å². The Morgan fingerprint density at radius 3 is 2.59 bits per heavy atom. The van der Waals surface area contributed by atoms with Crippen LogP contribution in [0.1, 0.15) is 38.8 Å². The van der Waals surface area contributed by atoms with Gasteiger partial charge >= 0.3 is 0 Å². The number of anilines is 1. The molecule has 1 rings (SSSR count). The van der Waals surface area contributed by atoms with E-state index in [4.69, 9.17) is 5.73 Å².